The summed E-state index contributed by atoms with van der Waals surface area (Å²) in [4.78, 5) is 4.18. The molecular weight excluding hydrogens is 294 g/mol. The van der Waals surface area contributed by atoms with Gasteiger partial charge in [0.15, 0.2) is 0 Å². The molecule has 1 aliphatic rings. The molecule has 0 atom stereocenters. The Kier molecular flexibility index (Phi) is 3.91. The van der Waals surface area contributed by atoms with Gasteiger partial charge in [0.05, 0.1) is 27.2 Å². The quantitative estimate of drug-likeness (QED) is 0.906. The third-order valence-electron chi connectivity index (χ3n) is 3.52. The summed E-state index contributed by atoms with van der Waals surface area (Å²) in [5.74, 6) is 0.455. The number of hydrogen-bond donors (Lipinski definition) is 2. The summed E-state index contributed by atoms with van der Waals surface area (Å²) in [5, 5.41) is 3.25. The van der Waals surface area contributed by atoms with E-state index in [0.717, 1.165) is 36.1 Å². The summed E-state index contributed by atoms with van der Waals surface area (Å²) in [6, 6.07) is 5.45. The van der Waals surface area contributed by atoms with Crippen LogP contribution >= 0.6 is 11.3 Å². The zero-order valence-electron chi connectivity index (χ0n) is 11.0. The highest BCUT2D eigenvalue weighted by Gasteiger charge is 2.21. The van der Waals surface area contributed by atoms with Crippen LogP contribution in [0.4, 0.5) is 5.69 Å². The average Bonchev–Trinajstić information content (AvgIpc) is 2.86. The molecule has 5 nitrogen and oxygen atoms in total. The predicted molar refractivity (Wildman–Crippen MR) is 82.6 cm³/mol. The first-order valence-electron chi connectivity index (χ1n) is 6.67. The van der Waals surface area contributed by atoms with Gasteiger partial charge in [0.2, 0.25) is 10.0 Å². The molecular formula is C13H17N3O2S2. The first kappa shape index (κ1) is 13.8. The zero-order chi connectivity index (χ0) is 14.0. The number of piperidine rings is 1. The van der Waals surface area contributed by atoms with Gasteiger partial charge in [-0.05, 0) is 50.0 Å². The van der Waals surface area contributed by atoms with Crippen molar-refractivity contribution in [1.82, 2.24) is 10.3 Å². The van der Waals surface area contributed by atoms with Crippen molar-refractivity contribution >= 4 is 37.3 Å². The molecule has 1 aromatic heterocycles. The number of nitrogens with zero attached hydrogens (tertiary/aromatic N) is 1. The Hall–Kier alpha value is -1.18. The first-order valence-corrected chi connectivity index (χ1v) is 9.20. The van der Waals surface area contributed by atoms with Crippen molar-refractivity contribution in [1.29, 1.82) is 0 Å². The van der Waals surface area contributed by atoms with Crippen LogP contribution in [0.25, 0.3) is 10.2 Å². The molecule has 1 fully saturated rings. The lowest BCUT2D eigenvalue weighted by Gasteiger charge is -2.22. The minimum Gasteiger partial charge on any atom is -0.317 e. The van der Waals surface area contributed by atoms with E-state index in [1.165, 1.54) is 11.3 Å². The van der Waals surface area contributed by atoms with Crippen molar-refractivity contribution < 1.29 is 8.42 Å². The highest BCUT2D eigenvalue weighted by Crippen LogP contribution is 2.23. The van der Waals surface area contributed by atoms with Crippen molar-refractivity contribution in [3.63, 3.8) is 0 Å². The number of nitrogens with one attached hydrogen (secondary N) is 2. The maximum atomic E-state index is 12.2. The molecule has 0 unspecified atom stereocenters. The second-order valence-corrected chi connectivity index (χ2v) is 7.77. The van der Waals surface area contributed by atoms with Gasteiger partial charge in [-0.2, -0.15) is 0 Å². The summed E-state index contributed by atoms with van der Waals surface area (Å²) in [6.45, 7) is 1.82. The van der Waals surface area contributed by atoms with E-state index in [4.69, 9.17) is 0 Å². The SMILES string of the molecule is O=S(=O)(CC1CCNCC1)Nc1ccc2ncsc2c1. The molecule has 20 heavy (non-hydrogen) atoms. The molecule has 0 saturated carbocycles. The molecule has 1 saturated heterocycles. The topological polar surface area (TPSA) is 71.1 Å². The third-order valence-corrected chi connectivity index (χ3v) is 5.77. The van der Waals surface area contributed by atoms with E-state index in [-0.39, 0.29) is 11.7 Å². The van der Waals surface area contributed by atoms with Gasteiger partial charge >= 0.3 is 0 Å². The van der Waals surface area contributed by atoms with Crippen molar-refractivity contribution in [2.45, 2.75) is 12.8 Å². The van der Waals surface area contributed by atoms with Gasteiger partial charge in [0, 0.05) is 0 Å². The molecule has 1 aromatic carbocycles. The van der Waals surface area contributed by atoms with Crippen LogP contribution in [0.1, 0.15) is 12.8 Å². The minimum absolute atomic E-state index is 0.204. The molecule has 0 bridgehead atoms. The average molecular weight is 311 g/mol. The second kappa shape index (κ2) is 5.67. The number of sulfonamides is 1. The highest BCUT2D eigenvalue weighted by atomic mass is 32.2. The van der Waals surface area contributed by atoms with Gasteiger partial charge in [-0.3, -0.25) is 4.72 Å². The molecule has 0 amide bonds. The standard InChI is InChI=1S/C13H17N3O2S2/c17-20(18,8-10-3-5-14-6-4-10)16-11-1-2-12-13(7-11)19-9-15-12/h1-2,7,9-10,14,16H,3-6,8H2. The normalized spacial score (nSPS) is 17.4. The number of thiazole rings is 1. The van der Waals surface area contributed by atoms with Crippen LogP contribution < -0.4 is 10.0 Å². The predicted octanol–water partition coefficient (Wildman–Crippen LogP) is 2.04. The van der Waals surface area contributed by atoms with E-state index < -0.39 is 10.0 Å². The van der Waals surface area contributed by atoms with Crippen molar-refractivity contribution in [3.05, 3.63) is 23.7 Å². The molecule has 0 radical (unpaired) electrons. The Morgan fingerprint density at radius 3 is 2.95 bits per heavy atom. The monoisotopic (exact) mass is 311 g/mol. The van der Waals surface area contributed by atoms with Crippen LogP contribution in [0, 0.1) is 5.92 Å². The fourth-order valence-corrected chi connectivity index (χ4v) is 4.74. The van der Waals surface area contributed by atoms with Gasteiger partial charge in [-0.1, -0.05) is 0 Å². The van der Waals surface area contributed by atoms with Crippen molar-refractivity contribution in [2.24, 2.45) is 5.92 Å². The number of rotatable bonds is 4. The number of fused-ring (bicyclic) bond motifs is 1. The number of aromatic nitrogens is 1. The van der Waals surface area contributed by atoms with Crippen molar-refractivity contribution in [3.8, 4) is 0 Å². The third kappa shape index (κ3) is 3.28. The summed E-state index contributed by atoms with van der Waals surface area (Å²) >= 11 is 1.51. The van der Waals surface area contributed by atoms with Gasteiger partial charge in [-0.15, -0.1) is 11.3 Å². The molecule has 0 spiro atoms. The van der Waals surface area contributed by atoms with Gasteiger partial charge < -0.3 is 5.32 Å². The first-order chi connectivity index (χ1) is 9.62. The summed E-state index contributed by atoms with van der Waals surface area (Å²) in [5.41, 5.74) is 3.28. The Balaban J connectivity index is 1.71. The minimum atomic E-state index is -3.28. The van der Waals surface area contributed by atoms with E-state index in [2.05, 4.69) is 15.0 Å². The molecule has 2 heterocycles. The zero-order valence-corrected chi connectivity index (χ0v) is 12.6. The largest absolute Gasteiger partial charge is 0.317 e. The molecule has 0 aliphatic carbocycles. The van der Waals surface area contributed by atoms with Gasteiger partial charge in [0.25, 0.3) is 0 Å². The van der Waals surface area contributed by atoms with Crippen LogP contribution in [0.3, 0.4) is 0 Å². The van der Waals surface area contributed by atoms with E-state index >= 15 is 0 Å². The van der Waals surface area contributed by atoms with E-state index in [9.17, 15) is 8.42 Å². The van der Waals surface area contributed by atoms with Gasteiger partial charge in [-0.25, -0.2) is 13.4 Å². The Morgan fingerprint density at radius 2 is 2.15 bits per heavy atom. The molecule has 2 aromatic rings. The lowest BCUT2D eigenvalue weighted by molar-refractivity contribution is 0.402. The Morgan fingerprint density at radius 1 is 1.35 bits per heavy atom. The summed E-state index contributed by atoms with van der Waals surface area (Å²) in [7, 11) is -3.28. The van der Waals surface area contributed by atoms with Gasteiger partial charge in [0.1, 0.15) is 0 Å². The van der Waals surface area contributed by atoms with E-state index in [1.807, 2.05) is 12.1 Å². The van der Waals surface area contributed by atoms with Crippen LogP contribution in [0.5, 0.6) is 0 Å². The number of anilines is 1. The molecule has 108 valence electrons. The summed E-state index contributed by atoms with van der Waals surface area (Å²) in [6.07, 6.45) is 1.85. The number of hydrogen-bond acceptors (Lipinski definition) is 5. The number of benzene rings is 1. The van der Waals surface area contributed by atoms with Crippen LogP contribution in [-0.4, -0.2) is 32.2 Å². The fraction of sp³-hybridized carbons (Fsp3) is 0.462. The molecule has 3 rings (SSSR count). The van der Waals surface area contributed by atoms with Crippen LogP contribution in [0.2, 0.25) is 0 Å². The van der Waals surface area contributed by atoms with Crippen molar-refractivity contribution in [2.75, 3.05) is 23.6 Å². The summed E-state index contributed by atoms with van der Waals surface area (Å²) < 4.78 is 28.1. The maximum absolute atomic E-state index is 12.2. The fourth-order valence-electron chi connectivity index (χ4n) is 2.50. The lowest BCUT2D eigenvalue weighted by atomic mass is 10.0. The highest BCUT2D eigenvalue weighted by molar-refractivity contribution is 7.92. The van der Waals surface area contributed by atoms with Crippen LogP contribution in [0.15, 0.2) is 23.7 Å². The van der Waals surface area contributed by atoms with E-state index in [0.29, 0.717) is 5.69 Å². The Bertz CT molecular complexity index is 690. The molecule has 2 N–H and O–H groups in total. The second-order valence-electron chi connectivity index (χ2n) is 5.11. The smallest absolute Gasteiger partial charge is 0.232 e. The maximum Gasteiger partial charge on any atom is 0.232 e. The molecule has 7 heteroatoms. The van der Waals surface area contributed by atoms with E-state index in [1.54, 1.807) is 11.6 Å². The van der Waals surface area contributed by atoms with Crippen LogP contribution in [-0.2, 0) is 10.0 Å². The lowest BCUT2D eigenvalue weighted by Crippen LogP contribution is -2.33. The Labute approximate surface area is 122 Å². The molecule has 1 aliphatic heterocycles.